The molecule has 12 aromatic carbocycles. The standard InChI is InChI=1S/C73H50B2N4S2/c1-49-25-24-38-58(50-26-8-2-9-27-50)73(49)79-64-48-68-62(75-60-40-21-23-42-67(60)80-69-45-57(46-70(81-68)72(69)75)77(53-32-14-5-15-33-53)54-34-16-6-17-35-54)47-61(64)74-59-39-20-22-41-63(59)78(55-36-18-7-19-37-55)65-43-56(44-66(79)71(65)74)76(51-28-10-3-11-29-51)52-30-12-4-13-31-52/h2-48H,1H3. The highest BCUT2D eigenvalue weighted by molar-refractivity contribution is 8.01. The Kier molecular flexibility index (Phi) is 11.5. The Bertz CT molecular complexity index is 4320. The van der Waals surface area contributed by atoms with Gasteiger partial charge in [-0.25, -0.2) is 0 Å². The van der Waals surface area contributed by atoms with Crippen molar-refractivity contribution in [1.82, 2.24) is 0 Å². The molecule has 0 aromatic heterocycles. The van der Waals surface area contributed by atoms with Gasteiger partial charge in [-0.2, -0.15) is 0 Å². The third-order valence-corrected chi connectivity index (χ3v) is 18.9. The van der Waals surface area contributed by atoms with Crippen LogP contribution >= 0.6 is 23.5 Å². The van der Waals surface area contributed by atoms with E-state index in [2.05, 4.69) is 312 Å². The second-order valence-corrected chi connectivity index (χ2v) is 23.4. The van der Waals surface area contributed by atoms with Gasteiger partial charge >= 0.3 is 0 Å². The van der Waals surface area contributed by atoms with Crippen LogP contribution in [0, 0.1) is 6.92 Å². The second-order valence-electron chi connectivity index (χ2n) is 21.2. The Morgan fingerprint density at radius 1 is 0.309 bits per heavy atom. The van der Waals surface area contributed by atoms with Crippen molar-refractivity contribution in [3.05, 3.63) is 291 Å². The molecule has 0 aliphatic carbocycles. The van der Waals surface area contributed by atoms with Gasteiger partial charge in [0.2, 0.25) is 6.71 Å². The van der Waals surface area contributed by atoms with Crippen molar-refractivity contribution in [1.29, 1.82) is 0 Å². The maximum Gasteiger partial charge on any atom is 0.252 e. The van der Waals surface area contributed by atoms with Crippen LogP contribution in [-0.2, 0) is 0 Å². The van der Waals surface area contributed by atoms with Crippen LogP contribution in [0.3, 0.4) is 0 Å². The lowest BCUT2D eigenvalue weighted by Crippen LogP contribution is -2.64. The Balaban J connectivity index is 1.00. The summed E-state index contributed by atoms with van der Waals surface area (Å²) in [6, 6.07) is 106. The van der Waals surface area contributed by atoms with E-state index >= 15 is 0 Å². The van der Waals surface area contributed by atoms with Crippen LogP contribution in [0.2, 0.25) is 0 Å². The molecule has 4 aliphatic heterocycles. The summed E-state index contributed by atoms with van der Waals surface area (Å²) in [5.74, 6) is 0. The summed E-state index contributed by atoms with van der Waals surface area (Å²) < 4.78 is 0. The minimum Gasteiger partial charge on any atom is -0.311 e. The summed E-state index contributed by atoms with van der Waals surface area (Å²) in [5.41, 5.74) is 25.2. The maximum absolute atomic E-state index is 2.66. The van der Waals surface area contributed by atoms with Gasteiger partial charge in [0.1, 0.15) is 0 Å². The van der Waals surface area contributed by atoms with Gasteiger partial charge in [-0.1, -0.05) is 216 Å². The predicted molar refractivity (Wildman–Crippen MR) is 346 cm³/mol. The molecule has 0 spiro atoms. The van der Waals surface area contributed by atoms with Crippen molar-refractivity contribution in [3.63, 3.8) is 0 Å². The van der Waals surface area contributed by atoms with E-state index in [1.54, 1.807) is 0 Å². The summed E-state index contributed by atoms with van der Waals surface area (Å²) in [5, 5.41) is 0. The number of rotatable bonds is 9. The van der Waals surface area contributed by atoms with Crippen molar-refractivity contribution < 1.29 is 0 Å². The van der Waals surface area contributed by atoms with E-state index in [0.29, 0.717) is 0 Å². The fourth-order valence-electron chi connectivity index (χ4n) is 13.2. The number of para-hydroxylation sites is 7. The molecule has 0 saturated carbocycles. The first-order chi connectivity index (χ1) is 40.1. The van der Waals surface area contributed by atoms with Crippen LogP contribution in [-0.4, -0.2) is 13.4 Å². The Hall–Kier alpha value is -9.33. The summed E-state index contributed by atoms with van der Waals surface area (Å²) in [6.45, 7) is 2.21. The van der Waals surface area contributed by atoms with Crippen LogP contribution < -0.4 is 52.4 Å². The molecule has 0 radical (unpaired) electrons. The molecule has 0 bridgehead atoms. The van der Waals surface area contributed by atoms with Gasteiger partial charge < -0.3 is 19.6 Å². The van der Waals surface area contributed by atoms with Crippen LogP contribution in [0.25, 0.3) is 11.1 Å². The zero-order valence-corrected chi connectivity index (χ0v) is 46.0. The third-order valence-electron chi connectivity index (χ3n) is 16.6. The summed E-state index contributed by atoms with van der Waals surface area (Å²) in [4.78, 5) is 15.2. The molecule has 0 saturated heterocycles. The van der Waals surface area contributed by atoms with Gasteiger partial charge in [-0.15, -0.1) is 0 Å². The van der Waals surface area contributed by atoms with Crippen LogP contribution in [0.5, 0.6) is 0 Å². The molecule has 4 heterocycles. The Labute approximate surface area is 482 Å². The van der Waals surface area contributed by atoms with Crippen LogP contribution in [0.15, 0.2) is 305 Å². The normalized spacial score (nSPS) is 13.0. The Morgan fingerprint density at radius 2 is 0.790 bits per heavy atom. The zero-order chi connectivity index (χ0) is 53.5. The highest BCUT2D eigenvalue weighted by Crippen LogP contribution is 2.52. The summed E-state index contributed by atoms with van der Waals surface area (Å²) >= 11 is 3.84. The fourth-order valence-corrected chi connectivity index (χ4v) is 15.7. The number of anilines is 12. The number of benzene rings is 12. The van der Waals surface area contributed by atoms with E-state index in [4.69, 9.17) is 0 Å². The predicted octanol–water partition coefficient (Wildman–Crippen LogP) is 16.1. The van der Waals surface area contributed by atoms with Crippen molar-refractivity contribution in [3.8, 4) is 11.1 Å². The molecule has 380 valence electrons. The van der Waals surface area contributed by atoms with E-state index in [0.717, 1.165) is 51.2 Å². The average Bonchev–Trinajstić information content (AvgIpc) is 2.47. The first-order valence-corrected chi connectivity index (χ1v) is 29.4. The molecule has 12 aromatic rings. The quantitative estimate of drug-likeness (QED) is 0.133. The minimum absolute atomic E-state index is 0.0185. The minimum atomic E-state index is -0.102. The number of hydrogen-bond acceptors (Lipinski definition) is 6. The van der Waals surface area contributed by atoms with Crippen LogP contribution in [0.4, 0.5) is 68.2 Å². The highest BCUT2D eigenvalue weighted by atomic mass is 32.2. The highest BCUT2D eigenvalue weighted by Gasteiger charge is 2.47. The maximum atomic E-state index is 2.66. The number of hydrogen-bond donors (Lipinski definition) is 0. The molecule has 4 aliphatic rings. The molecule has 8 heteroatoms. The molecule has 0 N–H and O–H groups in total. The van der Waals surface area contributed by atoms with E-state index < -0.39 is 0 Å². The van der Waals surface area contributed by atoms with Crippen molar-refractivity contribution in [2.75, 3.05) is 19.6 Å². The van der Waals surface area contributed by atoms with E-state index in [-0.39, 0.29) is 13.4 Å². The number of nitrogens with zero attached hydrogens (tertiary/aromatic N) is 4. The fraction of sp³-hybridized carbons (Fsp3) is 0.0137. The summed E-state index contributed by atoms with van der Waals surface area (Å²) in [7, 11) is 0. The lowest BCUT2D eigenvalue weighted by atomic mass is 9.31. The molecule has 0 fully saturated rings. The first kappa shape index (κ1) is 47.7. The smallest absolute Gasteiger partial charge is 0.252 e. The topological polar surface area (TPSA) is 13.0 Å². The third kappa shape index (κ3) is 7.80. The molecular formula is C73H50B2N4S2. The van der Waals surface area contributed by atoms with Gasteiger partial charge in [0, 0.05) is 82.0 Å². The first-order valence-electron chi connectivity index (χ1n) is 27.8. The van der Waals surface area contributed by atoms with Crippen LogP contribution in [0.1, 0.15) is 5.56 Å². The van der Waals surface area contributed by atoms with Gasteiger partial charge in [0.05, 0.1) is 11.4 Å². The monoisotopic (exact) mass is 1070 g/mol. The second kappa shape index (κ2) is 19.5. The average molecular weight is 1070 g/mol. The van der Waals surface area contributed by atoms with E-state index in [1.165, 1.54) is 86.1 Å². The molecule has 0 unspecified atom stereocenters. The lowest BCUT2D eigenvalue weighted by Gasteiger charge is -2.46. The van der Waals surface area contributed by atoms with Crippen molar-refractivity contribution >= 4 is 138 Å². The summed E-state index contributed by atoms with van der Waals surface area (Å²) in [6.07, 6.45) is 0. The molecule has 0 atom stereocenters. The molecule has 81 heavy (non-hydrogen) atoms. The molecule has 0 amide bonds. The largest absolute Gasteiger partial charge is 0.311 e. The Morgan fingerprint density at radius 3 is 1.40 bits per heavy atom. The number of aryl methyl sites for hydroxylation is 1. The molecular weight excluding hydrogens is 1020 g/mol. The SMILES string of the molecule is Cc1cccc(-c2ccccc2)c1N1c2cc3c(cc2B2c4ccccc4N(c4ccccc4)c4cc(N(c5ccccc5)c5ccccc5)cc1c42)B1c2ccccc2Sc2cc(N(c4ccccc4)c4ccccc4)cc(c21)S3. The zero-order valence-electron chi connectivity index (χ0n) is 44.4. The van der Waals surface area contributed by atoms with Crippen molar-refractivity contribution in [2.45, 2.75) is 26.5 Å². The molecule has 16 rings (SSSR count). The lowest BCUT2D eigenvalue weighted by molar-refractivity contribution is 1.21. The van der Waals surface area contributed by atoms with Gasteiger partial charge in [0.25, 0.3) is 6.71 Å². The van der Waals surface area contributed by atoms with E-state index in [1.807, 2.05) is 23.5 Å². The molecule has 4 nitrogen and oxygen atoms in total. The number of fused-ring (bicyclic) bond motifs is 8. The van der Waals surface area contributed by atoms with E-state index in [9.17, 15) is 0 Å². The van der Waals surface area contributed by atoms with Gasteiger partial charge in [-0.05, 0) is 143 Å². The van der Waals surface area contributed by atoms with Gasteiger partial charge in [-0.3, -0.25) is 0 Å². The van der Waals surface area contributed by atoms with Crippen molar-refractivity contribution in [2.24, 2.45) is 0 Å². The van der Waals surface area contributed by atoms with Gasteiger partial charge in [0.15, 0.2) is 0 Å².